The third-order valence-electron chi connectivity index (χ3n) is 3.82. The lowest BCUT2D eigenvalue weighted by molar-refractivity contribution is -0.137. The molecule has 0 aliphatic heterocycles. The molecule has 150 valence electrons. The van der Waals surface area contributed by atoms with Gasteiger partial charge in [0.25, 0.3) is 11.1 Å². The normalized spacial score (nSPS) is 11.8. The predicted molar refractivity (Wildman–Crippen MR) is 95.8 cm³/mol. The van der Waals surface area contributed by atoms with Crippen molar-refractivity contribution in [2.24, 2.45) is 0 Å². The van der Waals surface area contributed by atoms with E-state index in [0.717, 1.165) is 12.1 Å². The first-order valence-corrected chi connectivity index (χ1v) is 9.48. The summed E-state index contributed by atoms with van der Waals surface area (Å²) in [5.41, 5.74) is -0.508. The summed E-state index contributed by atoms with van der Waals surface area (Å²) >= 11 is 1.37. The molecule has 0 amide bonds. The molecule has 0 aliphatic carbocycles. The van der Waals surface area contributed by atoms with Crippen molar-refractivity contribution in [1.82, 2.24) is 20.3 Å². The minimum atomic E-state index is -4.43. The van der Waals surface area contributed by atoms with E-state index in [1.165, 1.54) is 30.2 Å². The largest absolute Gasteiger partial charge is 0.459 e. The highest BCUT2D eigenvalue weighted by atomic mass is 32.2. The quantitative estimate of drug-likeness (QED) is 0.299. The lowest BCUT2D eigenvalue weighted by atomic mass is 10.1. The second kappa shape index (κ2) is 8.11. The van der Waals surface area contributed by atoms with Crippen LogP contribution in [0.15, 0.2) is 61.2 Å². The molecule has 3 heterocycles. The van der Waals surface area contributed by atoms with Gasteiger partial charge in [0, 0.05) is 17.7 Å². The standard InChI is InChI=1S/C18H13F3N4O3S/c19-18(20,21)12-5-1-4-11(10-12)15-22-14(28-25-15)7-3-9-29-17-24-23-16(27-17)13-6-2-8-26-13/h1-2,4-6,8,10H,3,7,9H2. The van der Waals surface area contributed by atoms with E-state index in [9.17, 15) is 13.2 Å². The molecule has 0 aliphatic rings. The van der Waals surface area contributed by atoms with E-state index >= 15 is 0 Å². The predicted octanol–water partition coefficient (Wildman–Crippen LogP) is 5.12. The summed E-state index contributed by atoms with van der Waals surface area (Å²) in [5.74, 6) is 1.93. The van der Waals surface area contributed by atoms with E-state index in [0.29, 0.717) is 41.4 Å². The number of rotatable bonds is 7. The average molecular weight is 422 g/mol. The first-order chi connectivity index (χ1) is 14.0. The number of hydrogen-bond donors (Lipinski definition) is 0. The van der Waals surface area contributed by atoms with Crippen molar-refractivity contribution in [2.45, 2.75) is 24.2 Å². The van der Waals surface area contributed by atoms with Gasteiger partial charge >= 0.3 is 6.18 Å². The monoisotopic (exact) mass is 422 g/mol. The maximum Gasteiger partial charge on any atom is 0.416 e. The third-order valence-corrected chi connectivity index (χ3v) is 4.72. The Bertz CT molecular complexity index is 1080. The fourth-order valence-electron chi connectivity index (χ4n) is 2.46. The van der Waals surface area contributed by atoms with Crippen molar-refractivity contribution in [3.05, 3.63) is 54.1 Å². The molecule has 0 bridgehead atoms. The molecule has 0 saturated carbocycles. The van der Waals surface area contributed by atoms with Crippen LogP contribution in [0.3, 0.4) is 0 Å². The lowest BCUT2D eigenvalue weighted by Crippen LogP contribution is -2.04. The van der Waals surface area contributed by atoms with Crippen LogP contribution in [0.25, 0.3) is 23.0 Å². The van der Waals surface area contributed by atoms with Crippen LogP contribution in [0.4, 0.5) is 13.2 Å². The summed E-state index contributed by atoms with van der Waals surface area (Å²) in [4.78, 5) is 4.17. The van der Waals surface area contributed by atoms with Crippen molar-refractivity contribution in [1.29, 1.82) is 0 Å². The van der Waals surface area contributed by atoms with E-state index in [-0.39, 0.29) is 11.4 Å². The molecule has 3 aromatic heterocycles. The Morgan fingerprint density at radius 3 is 2.76 bits per heavy atom. The van der Waals surface area contributed by atoms with Gasteiger partial charge in [0.05, 0.1) is 11.8 Å². The lowest BCUT2D eigenvalue weighted by Gasteiger charge is -2.06. The molecule has 0 atom stereocenters. The molecule has 1 aromatic carbocycles. The Kier molecular flexibility index (Phi) is 5.38. The van der Waals surface area contributed by atoms with Gasteiger partial charge in [-0.2, -0.15) is 18.2 Å². The summed E-state index contributed by atoms with van der Waals surface area (Å²) in [7, 11) is 0. The molecule has 7 nitrogen and oxygen atoms in total. The maximum atomic E-state index is 12.8. The Hall–Kier alpha value is -3.08. The van der Waals surface area contributed by atoms with Gasteiger partial charge in [-0.05, 0) is 30.7 Å². The van der Waals surface area contributed by atoms with E-state index in [1.807, 2.05) is 0 Å². The van der Waals surface area contributed by atoms with Crippen molar-refractivity contribution >= 4 is 11.8 Å². The molecule has 0 fully saturated rings. The Morgan fingerprint density at radius 1 is 1.07 bits per heavy atom. The molecule has 4 rings (SSSR count). The van der Waals surface area contributed by atoms with E-state index in [2.05, 4.69) is 20.3 Å². The minimum absolute atomic E-state index is 0.124. The highest BCUT2D eigenvalue weighted by Crippen LogP contribution is 2.31. The molecule has 0 unspecified atom stereocenters. The Balaban J connectivity index is 1.30. The van der Waals surface area contributed by atoms with E-state index < -0.39 is 11.7 Å². The smallest absolute Gasteiger partial charge is 0.416 e. The number of benzene rings is 1. The van der Waals surface area contributed by atoms with Gasteiger partial charge in [0.1, 0.15) is 0 Å². The number of aromatic nitrogens is 4. The maximum absolute atomic E-state index is 12.8. The van der Waals surface area contributed by atoms with Crippen LogP contribution in [0.5, 0.6) is 0 Å². The third kappa shape index (κ3) is 4.67. The van der Waals surface area contributed by atoms with E-state index in [1.54, 1.807) is 12.1 Å². The van der Waals surface area contributed by atoms with Crippen molar-refractivity contribution in [3.63, 3.8) is 0 Å². The van der Waals surface area contributed by atoms with Crippen LogP contribution in [-0.4, -0.2) is 26.1 Å². The van der Waals surface area contributed by atoms with Gasteiger partial charge < -0.3 is 13.4 Å². The highest BCUT2D eigenvalue weighted by molar-refractivity contribution is 7.99. The summed E-state index contributed by atoms with van der Waals surface area (Å²) in [6.07, 6.45) is -1.76. The van der Waals surface area contributed by atoms with Gasteiger partial charge in [0.15, 0.2) is 5.76 Å². The zero-order valence-electron chi connectivity index (χ0n) is 14.7. The van der Waals surface area contributed by atoms with Gasteiger partial charge in [-0.25, -0.2) is 0 Å². The topological polar surface area (TPSA) is 91.0 Å². The molecule has 0 spiro atoms. The van der Waals surface area contributed by atoms with Crippen molar-refractivity contribution < 1.29 is 26.5 Å². The van der Waals surface area contributed by atoms with Crippen LogP contribution in [0, 0.1) is 0 Å². The fraction of sp³-hybridized carbons (Fsp3) is 0.222. The average Bonchev–Trinajstić information content (AvgIpc) is 3.46. The fourth-order valence-corrected chi connectivity index (χ4v) is 3.16. The van der Waals surface area contributed by atoms with Gasteiger partial charge in [-0.15, -0.1) is 10.2 Å². The molecule has 4 aromatic rings. The molecule has 29 heavy (non-hydrogen) atoms. The number of halogens is 3. The summed E-state index contributed by atoms with van der Waals surface area (Å²) < 4.78 is 54.3. The van der Waals surface area contributed by atoms with Gasteiger partial charge in [-0.3, -0.25) is 0 Å². The zero-order valence-corrected chi connectivity index (χ0v) is 15.5. The number of aryl methyl sites for hydroxylation is 1. The molecule has 0 radical (unpaired) electrons. The number of hydrogen-bond acceptors (Lipinski definition) is 8. The summed E-state index contributed by atoms with van der Waals surface area (Å²) in [5, 5.41) is 12.0. The molecular weight excluding hydrogens is 409 g/mol. The number of nitrogens with zero attached hydrogens (tertiary/aromatic N) is 4. The second-order valence-electron chi connectivity index (χ2n) is 5.89. The van der Waals surface area contributed by atoms with Crippen LogP contribution in [0.2, 0.25) is 0 Å². The number of thioether (sulfide) groups is 1. The number of alkyl halides is 3. The SMILES string of the molecule is FC(F)(F)c1cccc(-c2noc(CCCSc3nnc(-c4ccco4)o3)n2)c1. The highest BCUT2D eigenvalue weighted by Gasteiger charge is 2.30. The van der Waals surface area contributed by atoms with Crippen molar-refractivity contribution in [2.75, 3.05) is 5.75 Å². The molecule has 11 heteroatoms. The van der Waals surface area contributed by atoms with E-state index in [4.69, 9.17) is 13.4 Å². The van der Waals surface area contributed by atoms with Crippen LogP contribution in [0.1, 0.15) is 17.9 Å². The van der Waals surface area contributed by atoms with Crippen LogP contribution >= 0.6 is 11.8 Å². The first-order valence-electron chi connectivity index (χ1n) is 8.49. The van der Waals surface area contributed by atoms with Crippen LogP contribution < -0.4 is 0 Å². The zero-order chi connectivity index (χ0) is 20.3. The number of furan rings is 1. The Morgan fingerprint density at radius 2 is 1.97 bits per heavy atom. The second-order valence-corrected chi connectivity index (χ2v) is 6.94. The minimum Gasteiger partial charge on any atom is -0.459 e. The molecule has 0 N–H and O–H groups in total. The van der Waals surface area contributed by atoms with Crippen molar-refractivity contribution in [3.8, 4) is 23.0 Å². The Labute approximate surface area is 166 Å². The van der Waals surface area contributed by atoms with Gasteiger partial charge in [0.2, 0.25) is 11.7 Å². The van der Waals surface area contributed by atoms with Crippen LogP contribution in [-0.2, 0) is 12.6 Å². The summed E-state index contributed by atoms with van der Waals surface area (Å²) in [6.45, 7) is 0. The molecule has 0 saturated heterocycles. The molecular formula is C18H13F3N4O3S. The summed E-state index contributed by atoms with van der Waals surface area (Å²) in [6, 6.07) is 8.26. The first kappa shape index (κ1) is 19.2. The van der Waals surface area contributed by atoms with Gasteiger partial charge in [-0.1, -0.05) is 29.1 Å².